The van der Waals surface area contributed by atoms with E-state index in [0.717, 1.165) is 23.9 Å². The maximum Gasteiger partial charge on any atom is 0.276 e. The van der Waals surface area contributed by atoms with Gasteiger partial charge in [0.25, 0.3) is 5.56 Å². The van der Waals surface area contributed by atoms with Crippen molar-refractivity contribution in [1.82, 2.24) is 9.55 Å². The van der Waals surface area contributed by atoms with Crippen molar-refractivity contribution in [2.45, 2.75) is 5.16 Å². The molecule has 30 heavy (non-hydrogen) atoms. The van der Waals surface area contributed by atoms with E-state index in [1.807, 2.05) is 0 Å². The lowest BCUT2D eigenvalue weighted by Gasteiger charge is -2.12. The average Bonchev–Trinajstić information content (AvgIpc) is 3.17. The van der Waals surface area contributed by atoms with Crippen LogP contribution in [0.1, 0.15) is 0 Å². The molecule has 152 valence electrons. The van der Waals surface area contributed by atoms with Crippen LogP contribution in [0.15, 0.2) is 63.9 Å². The summed E-state index contributed by atoms with van der Waals surface area (Å²) >= 11 is 8.37. The highest BCUT2D eigenvalue weighted by molar-refractivity contribution is 7.99. The molecule has 0 saturated heterocycles. The van der Waals surface area contributed by atoms with Crippen molar-refractivity contribution in [3.8, 4) is 5.69 Å². The van der Waals surface area contributed by atoms with Crippen LogP contribution in [-0.4, -0.2) is 21.2 Å². The molecule has 2 heterocycles. The van der Waals surface area contributed by atoms with Crippen LogP contribution >= 0.6 is 34.7 Å². The first-order valence-electron chi connectivity index (χ1n) is 8.56. The van der Waals surface area contributed by atoms with Crippen LogP contribution < -0.4 is 10.9 Å². The van der Waals surface area contributed by atoms with Crippen molar-refractivity contribution in [2.75, 3.05) is 11.1 Å². The molecule has 0 bridgehead atoms. The number of fused-ring (bicyclic) bond motifs is 1. The molecule has 2 aromatic heterocycles. The Hall–Kier alpha value is -2.75. The normalized spacial score (nSPS) is 11.0. The van der Waals surface area contributed by atoms with Crippen molar-refractivity contribution in [3.63, 3.8) is 0 Å². The molecule has 5 nitrogen and oxygen atoms in total. The Morgan fingerprint density at radius 3 is 2.80 bits per heavy atom. The molecule has 0 atom stereocenters. The van der Waals surface area contributed by atoms with E-state index >= 15 is 0 Å². The first kappa shape index (κ1) is 20.5. The number of thioether (sulfide) groups is 1. The van der Waals surface area contributed by atoms with Crippen molar-refractivity contribution >= 4 is 56.5 Å². The fraction of sp³-hybridized carbons (Fsp3) is 0.0500. The van der Waals surface area contributed by atoms with E-state index in [9.17, 15) is 18.4 Å². The monoisotopic (exact) mass is 463 g/mol. The molecule has 0 aliphatic rings. The summed E-state index contributed by atoms with van der Waals surface area (Å²) in [5, 5.41) is 4.90. The molecule has 4 aromatic rings. The van der Waals surface area contributed by atoms with Gasteiger partial charge < -0.3 is 5.32 Å². The number of rotatable bonds is 5. The second-order valence-corrected chi connectivity index (χ2v) is 8.41. The predicted molar refractivity (Wildman–Crippen MR) is 116 cm³/mol. The minimum absolute atomic E-state index is 0.129. The molecule has 4 rings (SSSR count). The third-order valence-corrected chi connectivity index (χ3v) is 6.12. The van der Waals surface area contributed by atoms with Crippen molar-refractivity contribution in [3.05, 3.63) is 80.9 Å². The van der Waals surface area contributed by atoms with Gasteiger partial charge in [0.2, 0.25) is 5.91 Å². The van der Waals surface area contributed by atoms with Gasteiger partial charge in [0.05, 0.1) is 22.6 Å². The quantitative estimate of drug-likeness (QED) is 0.330. The van der Waals surface area contributed by atoms with Crippen LogP contribution in [0.25, 0.3) is 15.9 Å². The highest BCUT2D eigenvalue weighted by Gasteiger charge is 2.16. The summed E-state index contributed by atoms with van der Waals surface area (Å²) in [5.74, 6) is -2.28. The van der Waals surface area contributed by atoms with E-state index in [1.54, 1.807) is 35.7 Å². The maximum atomic E-state index is 13.8. The summed E-state index contributed by atoms with van der Waals surface area (Å²) in [4.78, 5) is 29.8. The number of carbonyl (C=O) groups is 1. The van der Waals surface area contributed by atoms with Crippen LogP contribution in [0.2, 0.25) is 5.02 Å². The van der Waals surface area contributed by atoms with Crippen LogP contribution in [0.3, 0.4) is 0 Å². The lowest BCUT2D eigenvalue weighted by Crippen LogP contribution is -2.22. The number of thiophene rings is 1. The number of benzene rings is 2. The summed E-state index contributed by atoms with van der Waals surface area (Å²) in [5.41, 5.74) is 0.638. The molecular formula is C20H12ClF2N3O2S2. The molecular weight excluding hydrogens is 452 g/mol. The Bertz CT molecular complexity index is 1320. The fourth-order valence-electron chi connectivity index (χ4n) is 2.74. The number of anilines is 1. The van der Waals surface area contributed by atoms with Gasteiger partial charge in [0.1, 0.15) is 16.3 Å². The molecule has 0 aliphatic carbocycles. The van der Waals surface area contributed by atoms with Gasteiger partial charge in [0, 0.05) is 11.1 Å². The van der Waals surface area contributed by atoms with E-state index in [-0.39, 0.29) is 17.0 Å². The van der Waals surface area contributed by atoms with Crippen LogP contribution in [0, 0.1) is 11.6 Å². The van der Waals surface area contributed by atoms with Crippen molar-refractivity contribution in [2.24, 2.45) is 0 Å². The van der Waals surface area contributed by atoms with Gasteiger partial charge in [-0.1, -0.05) is 29.4 Å². The summed E-state index contributed by atoms with van der Waals surface area (Å²) in [7, 11) is 0. The minimum Gasteiger partial charge on any atom is -0.323 e. The third-order valence-electron chi connectivity index (χ3n) is 4.05. The first-order chi connectivity index (χ1) is 14.4. The number of carbonyl (C=O) groups excluding carboxylic acids is 1. The second-order valence-electron chi connectivity index (χ2n) is 6.11. The molecule has 1 N–H and O–H groups in total. The summed E-state index contributed by atoms with van der Waals surface area (Å²) in [6.07, 6.45) is 0. The Morgan fingerprint density at radius 2 is 2.03 bits per heavy atom. The summed E-state index contributed by atoms with van der Waals surface area (Å²) < 4.78 is 28.7. The molecule has 0 unspecified atom stereocenters. The maximum absolute atomic E-state index is 13.8. The highest BCUT2D eigenvalue weighted by atomic mass is 35.5. The molecule has 0 fully saturated rings. The van der Waals surface area contributed by atoms with E-state index in [0.29, 0.717) is 32.1 Å². The van der Waals surface area contributed by atoms with Gasteiger partial charge in [-0.2, -0.15) is 0 Å². The molecule has 0 aliphatic heterocycles. The molecule has 2 aromatic carbocycles. The van der Waals surface area contributed by atoms with E-state index < -0.39 is 17.5 Å². The lowest BCUT2D eigenvalue weighted by atomic mass is 10.3. The van der Waals surface area contributed by atoms with Crippen LogP contribution in [0.4, 0.5) is 14.5 Å². The first-order valence-corrected chi connectivity index (χ1v) is 10.8. The summed E-state index contributed by atoms with van der Waals surface area (Å²) in [6, 6.07) is 11.3. The predicted octanol–water partition coefficient (Wildman–Crippen LogP) is 5.11. The van der Waals surface area contributed by atoms with E-state index in [1.165, 1.54) is 15.9 Å². The number of hydrogen-bond acceptors (Lipinski definition) is 5. The number of hydrogen-bond donors (Lipinski definition) is 1. The van der Waals surface area contributed by atoms with Gasteiger partial charge in [-0.05, 0) is 41.8 Å². The second kappa shape index (κ2) is 8.55. The molecule has 0 saturated carbocycles. The van der Waals surface area contributed by atoms with Gasteiger partial charge in [-0.15, -0.1) is 11.3 Å². The van der Waals surface area contributed by atoms with Crippen LogP contribution in [-0.2, 0) is 4.79 Å². The zero-order valence-corrected chi connectivity index (χ0v) is 17.5. The van der Waals surface area contributed by atoms with Gasteiger partial charge in [-0.3, -0.25) is 14.2 Å². The zero-order chi connectivity index (χ0) is 21.3. The average molecular weight is 464 g/mol. The van der Waals surface area contributed by atoms with E-state index in [4.69, 9.17) is 11.6 Å². The standard InChI is InChI=1S/C20H12ClF2N3O2S2/c21-11-2-1-3-13(8-11)26-19(28)18-16(6-7-29-18)25-20(26)30-10-17(27)24-15-5-4-12(22)9-14(15)23/h1-9H,10H2,(H,24,27). The largest absolute Gasteiger partial charge is 0.323 e. The minimum atomic E-state index is -0.873. The van der Waals surface area contributed by atoms with E-state index in [2.05, 4.69) is 10.3 Å². The number of nitrogens with zero attached hydrogens (tertiary/aromatic N) is 2. The highest BCUT2D eigenvalue weighted by Crippen LogP contribution is 2.25. The fourth-order valence-corrected chi connectivity index (χ4v) is 4.50. The van der Waals surface area contributed by atoms with Crippen molar-refractivity contribution < 1.29 is 13.6 Å². The Labute approximate surface area is 182 Å². The third kappa shape index (κ3) is 4.23. The number of nitrogens with one attached hydrogen (secondary N) is 1. The lowest BCUT2D eigenvalue weighted by molar-refractivity contribution is -0.113. The topological polar surface area (TPSA) is 64.0 Å². The summed E-state index contributed by atoms with van der Waals surface area (Å²) in [6.45, 7) is 0. The zero-order valence-electron chi connectivity index (χ0n) is 15.1. The Kier molecular flexibility index (Phi) is 5.85. The number of aromatic nitrogens is 2. The smallest absolute Gasteiger partial charge is 0.276 e. The molecule has 10 heteroatoms. The van der Waals surface area contributed by atoms with Crippen molar-refractivity contribution in [1.29, 1.82) is 0 Å². The SMILES string of the molecule is O=C(CSc1nc2ccsc2c(=O)n1-c1cccc(Cl)c1)Nc1ccc(F)cc1F. The van der Waals surface area contributed by atoms with Gasteiger partial charge in [0.15, 0.2) is 5.16 Å². The number of halogens is 3. The molecule has 0 spiro atoms. The molecule has 0 radical (unpaired) electrons. The van der Waals surface area contributed by atoms with Gasteiger partial charge in [-0.25, -0.2) is 13.8 Å². The van der Waals surface area contributed by atoms with Gasteiger partial charge >= 0.3 is 0 Å². The van der Waals surface area contributed by atoms with Crippen LogP contribution in [0.5, 0.6) is 0 Å². The number of amides is 1. The Morgan fingerprint density at radius 1 is 1.20 bits per heavy atom. The molecule has 1 amide bonds. The Balaban J connectivity index is 1.64.